The van der Waals surface area contributed by atoms with Gasteiger partial charge in [0.2, 0.25) is 5.91 Å². The van der Waals surface area contributed by atoms with Crippen molar-refractivity contribution in [2.45, 2.75) is 23.8 Å². The molecule has 0 spiro atoms. The van der Waals surface area contributed by atoms with E-state index in [1.54, 1.807) is 49.5 Å². The highest BCUT2D eigenvalue weighted by Gasteiger charge is 2.31. The van der Waals surface area contributed by atoms with Crippen LogP contribution in [-0.2, 0) is 14.8 Å². The van der Waals surface area contributed by atoms with Gasteiger partial charge in [0.15, 0.2) is 5.84 Å². The van der Waals surface area contributed by atoms with E-state index in [2.05, 4.69) is 15.0 Å². The van der Waals surface area contributed by atoms with Crippen LogP contribution in [0.5, 0.6) is 0 Å². The molecule has 2 aromatic rings. The number of sulfonamides is 1. The van der Waals surface area contributed by atoms with Crippen molar-refractivity contribution in [3.63, 3.8) is 0 Å². The monoisotopic (exact) mass is 412 g/mol. The lowest BCUT2D eigenvalue weighted by Crippen LogP contribution is -2.35. The van der Waals surface area contributed by atoms with Gasteiger partial charge in [0.25, 0.3) is 15.9 Å². The Labute approximate surface area is 168 Å². The fraction of sp³-hybridized carbons (Fsp3) is 0.250. The number of nitrogens with zero attached hydrogens (tertiary/aromatic N) is 2. The number of likely N-dealkylation sites (N-methyl/N-ethyl adjacent to an activating group) is 1. The van der Waals surface area contributed by atoms with E-state index in [4.69, 9.17) is 0 Å². The summed E-state index contributed by atoms with van der Waals surface area (Å²) in [6, 6.07) is 13.5. The quantitative estimate of drug-likeness (QED) is 0.776. The van der Waals surface area contributed by atoms with Crippen LogP contribution in [-0.4, -0.2) is 50.6 Å². The van der Waals surface area contributed by atoms with Gasteiger partial charge in [0, 0.05) is 29.9 Å². The summed E-state index contributed by atoms with van der Waals surface area (Å²) in [4.78, 5) is 26.2. The van der Waals surface area contributed by atoms with E-state index < -0.39 is 10.0 Å². The third-order valence-electron chi connectivity index (χ3n) is 4.68. The third-order valence-corrected chi connectivity index (χ3v) is 6.00. The summed E-state index contributed by atoms with van der Waals surface area (Å²) in [5.41, 5.74) is 1.44. The maximum absolute atomic E-state index is 12.5. The van der Waals surface area contributed by atoms with Crippen LogP contribution in [0.25, 0.3) is 0 Å². The van der Waals surface area contributed by atoms with Gasteiger partial charge in [-0.3, -0.25) is 9.59 Å². The molecule has 1 aliphatic carbocycles. The van der Waals surface area contributed by atoms with Crippen LogP contribution in [0, 0.1) is 0 Å². The lowest BCUT2D eigenvalue weighted by molar-refractivity contribution is -0.116. The maximum atomic E-state index is 12.5. The van der Waals surface area contributed by atoms with Crippen LogP contribution in [0.4, 0.5) is 5.69 Å². The molecular formula is C20H20N4O4S. The number of anilines is 1. The Balaban J connectivity index is 1.43. The minimum atomic E-state index is -3.74. The first-order chi connectivity index (χ1) is 13.8. The van der Waals surface area contributed by atoms with E-state index in [-0.39, 0.29) is 35.1 Å². The second kappa shape index (κ2) is 7.32. The Bertz CT molecular complexity index is 1120. The molecule has 8 nitrogen and oxygen atoms in total. The molecule has 1 fully saturated rings. The molecule has 2 aliphatic rings. The molecule has 4 rings (SSSR count). The van der Waals surface area contributed by atoms with Crippen molar-refractivity contribution >= 4 is 33.4 Å². The lowest BCUT2D eigenvalue weighted by atomic mass is 10.2. The maximum Gasteiger partial charge on any atom is 0.285 e. The van der Waals surface area contributed by atoms with E-state index in [0.29, 0.717) is 16.8 Å². The van der Waals surface area contributed by atoms with E-state index in [9.17, 15) is 18.0 Å². The van der Waals surface area contributed by atoms with Crippen LogP contribution in [0.1, 0.15) is 28.8 Å². The topological polar surface area (TPSA) is 108 Å². The molecule has 1 heterocycles. The number of nitrogens with one attached hydrogen (secondary N) is 2. The lowest BCUT2D eigenvalue weighted by Gasteiger charge is -2.18. The van der Waals surface area contributed by atoms with Gasteiger partial charge < -0.3 is 15.5 Å². The molecule has 0 bridgehead atoms. The highest BCUT2D eigenvalue weighted by molar-refractivity contribution is 7.90. The molecule has 1 aliphatic heterocycles. The zero-order chi connectivity index (χ0) is 20.6. The zero-order valence-corrected chi connectivity index (χ0v) is 16.6. The highest BCUT2D eigenvalue weighted by atomic mass is 32.2. The second-order valence-corrected chi connectivity index (χ2v) is 8.69. The minimum absolute atomic E-state index is 0.0960. The van der Waals surface area contributed by atoms with E-state index in [1.807, 2.05) is 0 Å². The largest absolute Gasteiger partial charge is 0.349 e. The predicted octanol–water partition coefficient (Wildman–Crippen LogP) is 1.60. The standard InChI is InChI=1S/C20H20N4O4S/c1-24(19-16-7-2-3-8-17(16)29(27,28)23-19)12-18(25)21-15-6-4-5-13(11-15)20(26)22-14-9-10-14/h2-8,11,14H,9-10,12H2,1H3,(H,21,25)(H,22,26). The first-order valence-corrected chi connectivity index (χ1v) is 10.6. The van der Waals surface area contributed by atoms with Crippen LogP contribution in [0.2, 0.25) is 0 Å². The minimum Gasteiger partial charge on any atom is -0.349 e. The Morgan fingerprint density at radius 2 is 1.90 bits per heavy atom. The number of fused-ring (bicyclic) bond motifs is 1. The van der Waals surface area contributed by atoms with Gasteiger partial charge in [-0.15, -0.1) is 4.40 Å². The number of hydrogen-bond donors (Lipinski definition) is 2. The van der Waals surface area contributed by atoms with Gasteiger partial charge in [0.1, 0.15) is 4.90 Å². The summed E-state index contributed by atoms with van der Waals surface area (Å²) in [5.74, 6) is -0.284. The summed E-state index contributed by atoms with van der Waals surface area (Å²) in [6.45, 7) is -0.0960. The van der Waals surface area contributed by atoms with Crippen LogP contribution >= 0.6 is 0 Å². The van der Waals surface area contributed by atoms with Crippen molar-refractivity contribution < 1.29 is 18.0 Å². The van der Waals surface area contributed by atoms with E-state index in [1.165, 1.54) is 11.0 Å². The number of amides is 2. The average molecular weight is 412 g/mol. The van der Waals surface area contributed by atoms with Gasteiger partial charge in [-0.25, -0.2) is 0 Å². The molecule has 2 N–H and O–H groups in total. The molecule has 0 saturated heterocycles. The number of benzene rings is 2. The van der Waals surface area contributed by atoms with Gasteiger partial charge in [-0.05, 0) is 43.2 Å². The fourth-order valence-electron chi connectivity index (χ4n) is 3.09. The normalized spacial score (nSPS) is 16.5. The summed E-state index contributed by atoms with van der Waals surface area (Å²) >= 11 is 0. The molecule has 0 aromatic heterocycles. The smallest absolute Gasteiger partial charge is 0.285 e. The number of rotatable bonds is 5. The van der Waals surface area contributed by atoms with Crippen molar-refractivity contribution in [1.82, 2.24) is 10.2 Å². The van der Waals surface area contributed by atoms with Gasteiger partial charge in [-0.2, -0.15) is 8.42 Å². The molecule has 0 atom stereocenters. The van der Waals surface area contributed by atoms with Crippen molar-refractivity contribution in [2.24, 2.45) is 4.40 Å². The van der Waals surface area contributed by atoms with Gasteiger partial charge >= 0.3 is 0 Å². The van der Waals surface area contributed by atoms with Crippen LogP contribution < -0.4 is 10.6 Å². The Kier molecular flexibility index (Phi) is 4.83. The third kappa shape index (κ3) is 4.14. The Morgan fingerprint density at radius 3 is 2.66 bits per heavy atom. The van der Waals surface area contributed by atoms with Crippen LogP contribution in [0.15, 0.2) is 57.8 Å². The second-order valence-electron chi connectivity index (χ2n) is 7.12. The highest BCUT2D eigenvalue weighted by Crippen LogP contribution is 2.27. The van der Waals surface area contributed by atoms with Crippen LogP contribution in [0.3, 0.4) is 0 Å². The molecule has 150 valence electrons. The molecule has 9 heteroatoms. The van der Waals surface area contributed by atoms with Gasteiger partial charge in [-0.1, -0.05) is 18.2 Å². The fourth-order valence-corrected chi connectivity index (χ4v) is 4.34. The van der Waals surface area contributed by atoms with Crippen molar-refractivity contribution in [2.75, 3.05) is 18.9 Å². The molecule has 29 heavy (non-hydrogen) atoms. The molecule has 1 saturated carbocycles. The molecule has 0 unspecified atom stereocenters. The first kappa shape index (κ1) is 19.1. The number of carbonyl (C=O) groups is 2. The van der Waals surface area contributed by atoms with Crippen molar-refractivity contribution in [3.05, 3.63) is 59.7 Å². The summed E-state index contributed by atoms with van der Waals surface area (Å²) in [6.07, 6.45) is 1.99. The summed E-state index contributed by atoms with van der Waals surface area (Å²) in [5, 5.41) is 5.64. The van der Waals surface area contributed by atoms with E-state index >= 15 is 0 Å². The molecule has 2 amide bonds. The van der Waals surface area contributed by atoms with Crippen molar-refractivity contribution in [3.8, 4) is 0 Å². The molecular weight excluding hydrogens is 392 g/mol. The number of carbonyl (C=O) groups excluding carboxylic acids is 2. The Hall–Kier alpha value is -3.20. The number of amidine groups is 1. The average Bonchev–Trinajstić information content (AvgIpc) is 3.45. The first-order valence-electron chi connectivity index (χ1n) is 9.20. The predicted molar refractivity (Wildman–Crippen MR) is 108 cm³/mol. The summed E-state index contributed by atoms with van der Waals surface area (Å²) in [7, 11) is -2.14. The molecule has 0 radical (unpaired) electrons. The Morgan fingerprint density at radius 1 is 1.14 bits per heavy atom. The van der Waals surface area contributed by atoms with Gasteiger partial charge in [0.05, 0.1) is 6.54 Å². The molecule has 2 aromatic carbocycles. The van der Waals surface area contributed by atoms with E-state index in [0.717, 1.165) is 12.8 Å². The summed E-state index contributed by atoms with van der Waals surface area (Å²) < 4.78 is 28.1. The zero-order valence-electron chi connectivity index (χ0n) is 15.8. The number of hydrogen-bond acceptors (Lipinski definition) is 5. The van der Waals surface area contributed by atoms with Crippen molar-refractivity contribution in [1.29, 1.82) is 0 Å². The SMILES string of the molecule is CN(CC(=O)Nc1cccc(C(=O)NC2CC2)c1)C1=NS(=O)(=O)c2ccccc21.